The molecule has 0 saturated carbocycles. The number of nitrogens with two attached hydrogens (primary N) is 1. The molecule has 84 valence electrons. The van der Waals surface area contributed by atoms with E-state index in [4.69, 9.17) is 5.73 Å². The van der Waals surface area contributed by atoms with E-state index in [1.165, 1.54) is 0 Å². The summed E-state index contributed by atoms with van der Waals surface area (Å²) >= 11 is 0. The van der Waals surface area contributed by atoms with Gasteiger partial charge in [-0.2, -0.15) is 13.2 Å². The topological polar surface area (TPSA) is 38.9 Å². The van der Waals surface area contributed by atoms with Crippen LogP contribution in [-0.2, 0) is 6.18 Å². The van der Waals surface area contributed by atoms with Gasteiger partial charge in [0.1, 0.15) is 11.5 Å². The lowest BCUT2D eigenvalue weighted by Gasteiger charge is -2.12. The minimum absolute atomic E-state index is 0.218. The van der Waals surface area contributed by atoms with Gasteiger partial charge in [-0.25, -0.2) is 13.8 Å². The number of anilines is 1. The van der Waals surface area contributed by atoms with Crippen LogP contribution in [0.5, 0.6) is 0 Å². The number of alkyl halides is 5. The molecule has 0 amide bonds. The van der Waals surface area contributed by atoms with E-state index in [1.807, 2.05) is 0 Å². The van der Waals surface area contributed by atoms with Gasteiger partial charge in [0.2, 0.25) is 0 Å². The largest absolute Gasteiger partial charge is 0.433 e. The molecule has 0 aliphatic rings. The lowest BCUT2D eigenvalue weighted by Crippen LogP contribution is -2.12. The summed E-state index contributed by atoms with van der Waals surface area (Å²) in [7, 11) is 0. The van der Waals surface area contributed by atoms with Crippen LogP contribution in [0, 0.1) is 6.92 Å². The molecule has 0 atom stereocenters. The lowest BCUT2D eigenvalue weighted by atomic mass is 10.1. The second-order valence-electron chi connectivity index (χ2n) is 2.92. The highest BCUT2D eigenvalue weighted by Gasteiger charge is 2.34. The number of nitrogens with zero attached hydrogens (tertiary/aromatic N) is 1. The fourth-order valence-electron chi connectivity index (χ4n) is 1.14. The zero-order valence-electron chi connectivity index (χ0n) is 7.57. The quantitative estimate of drug-likeness (QED) is 0.747. The predicted molar refractivity (Wildman–Crippen MR) is 43.3 cm³/mol. The maximum atomic E-state index is 12.3. The molecule has 0 radical (unpaired) electrons. The van der Waals surface area contributed by atoms with Gasteiger partial charge in [0.15, 0.2) is 0 Å². The Morgan fingerprint density at radius 1 is 1.33 bits per heavy atom. The summed E-state index contributed by atoms with van der Waals surface area (Å²) in [5.74, 6) is -0.780. The molecule has 0 fully saturated rings. The monoisotopic (exact) mass is 226 g/mol. The molecule has 7 heteroatoms. The van der Waals surface area contributed by atoms with E-state index in [1.54, 1.807) is 0 Å². The first-order valence-corrected chi connectivity index (χ1v) is 3.86. The van der Waals surface area contributed by atoms with Crippen molar-refractivity contribution < 1.29 is 22.0 Å². The second kappa shape index (κ2) is 3.63. The van der Waals surface area contributed by atoms with Gasteiger partial charge in [0.05, 0.1) is 5.56 Å². The Morgan fingerprint density at radius 2 is 1.87 bits per heavy atom. The van der Waals surface area contributed by atoms with Crippen molar-refractivity contribution in [3.63, 3.8) is 0 Å². The molecule has 0 aliphatic carbocycles. The zero-order valence-corrected chi connectivity index (χ0v) is 7.57. The van der Waals surface area contributed by atoms with Crippen LogP contribution in [0.15, 0.2) is 6.07 Å². The molecule has 0 saturated heterocycles. The molecule has 0 unspecified atom stereocenters. The van der Waals surface area contributed by atoms with Crippen molar-refractivity contribution in [3.05, 3.63) is 22.9 Å². The summed E-state index contributed by atoms with van der Waals surface area (Å²) in [5, 5.41) is 0. The summed E-state index contributed by atoms with van der Waals surface area (Å²) in [6.45, 7) is 1.13. The average molecular weight is 226 g/mol. The van der Waals surface area contributed by atoms with Crippen LogP contribution in [0.1, 0.15) is 23.2 Å². The normalized spacial score (nSPS) is 12.2. The number of rotatable bonds is 1. The Labute approximate surface area is 81.9 Å². The van der Waals surface area contributed by atoms with E-state index in [0.717, 1.165) is 6.92 Å². The number of hydrogen-bond donors (Lipinski definition) is 1. The van der Waals surface area contributed by atoms with Gasteiger partial charge in [-0.05, 0) is 18.6 Å². The molecule has 0 aliphatic heterocycles. The number of pyridine rings is 1. The number of halogens is 5. The van der Waals surface area contributed by atoms with Crippen LogP contribution in [0.2, 0.25) is 0 Å². The number of nitrogen functional groups attached to an aromatic ring is 1. The molecule has 1 aromatic heterocycles. The standard InChI is InChI=1S/C8H7F5N2/c1-3-2-4(8(11,12)13)15-7(14)5(3)6(9)10/h2,6H,1H3,(H2,14,15). The Hall–Kier alpha value is -1.40. The summed E-state index contributed by atoms with van der Waals surface area (Å²) in [5.41, 5.74) is 2.90. The van der Waals surface area contributed by atoms with Gasteiger partial charge in [-0.15, -0.1) is 0 Å². The first-order valence-electron chi connectivity index (χ1n) is 3.86. The van der Waals surface area contributed by atoms with Crippen molar-refractivity contribution >= 4 is 5.82 Å². The molecule has 2 N–H and O–H groups in total. The predicted octanol–water partition coefficient (Wildman–Crippen LogP) is 2.93. The fourth-order valence-corrected chi connectivity index (χ4v) is 1.14. The molecule has 1 heterocycles. The Morgan fingerprint density at radius 3 is 2.20 bits per heavy atom. The molecule has 15 heavy (non-hydrogen) atoms. The molecule has 1 aromatic rings. The summed E-state index contributed by atoms with van der Waals surface area (Å²) < 4.78 is 61.2. The first kappa shape index (κ1) is 11.7. The van der Waals surface area contributed by atoms with Crippen molar-refractivity contribution in [1.29, 1.82) is 0 Å². The van der Waals surface area contributed by atoms with Crippen LogP contribution in [0.3, 0.4) is 0 Å². The van der Waals surface area contributed by atoms with E-state index in [0.29, 0.717) is 6.07 Å². The van der Waals surface area contributed by atoms with E-state index < -0.39 is 29.7 Å². The smallest absolute Gasteiger partial charge is 0.383 e. The van der Waals surface area contributed by atoms with Crippen molar-refractivity contribution in [2.75, 3.05) is 5.73 Å². The minimum atomic E-state index is -4.68. The summed E-state index contributed by atoms with van der Waals surface area (Å²) in [6.07, 6.45) is -7.61. The minimum Gasteiger partial charge on any atom is -0.383 e. The average Bonchev–Trinajstić information content (AvgIpc) is 1.99. The highest BCUT2D eigenvalue weighted by molar-refractivity contribution is 5.46. The third kappa shape index (κ3) is 2.34. The van der Waals surface area contributed by atoms with E-state index in [9.17, 15) is 22.0 Å². The fraction of sp³-hybridized carbons (Fsp3) is 0.375. The van der Waals surface area contributed by atoms with Crippen LogP contribution in [-0.4, -0.2) is 4.98 Å². The van der Waals surface area contributed by atoms with Gasteiger partial charge in [0, 0.05) is 0 Å². The van der Waals surface area contributed by atoms with E-state index in [-0.39, 0.29) is 5.56 Å². The highest BCUT2D eigenvalue weighted by Crippen LogP contribution is 2.33. The van der Waals surface area contributed by atoms with Crippen LogP contribution >= 0.6 is 0 Å². The molecule has 0 spiro atoms. The number of aromatic nitrogens is 1. The SMILES string of the molecule is Cc1cc(C(F)(F)F)nc(N)c1C(F)F. The van der Waals surface area contributed by atoms with Crippen LogP contribution in [0.25, 0.3) is 0 Å². The van der Waals surface area contributed by atoms with Crippen molar-refractivity contribution in [3.8, 4) is 0 Å². The molecular weight excluding hydrogens is 219 g/mol. The molecule has 0 bridgehead atoms. The van der Waals surface area contributed by atoms with Crippen molar-refractivity contribution in [2.24, 2.45) is 0 Å². The Balaban J connectivity index is 3.32. The lowest BCUT2D eigenvalue weighted by molar-refractivity contribution is -0.141. The second-order valence-corrected chi connectivity index (χ2v) is 2.92. The van der Waals surface area contributed by atoms with Crippen LogP contribution < -0.4 is 5.73 Å². The molecule has 0 aromatic carbocycles. The third-order valence-electron chi connectivity index (χ3n) is 1.80. The van der Waals surface area contributed by atoms with Gasteiger partial charge in [-0.1, -0.05) is 0 Å². The first-order chi connectivity index (χ1) is 6.73. The van der Waals surface area contributed by atoms with Gasteiger partial charge >= 0.3 is 6.18 Å². The number of hydrogen-bond acceptors (Lipinski definition) is 2. The maximum absolute atomic E-state index is 12.3. The molecule has 1 rings (SSSR count). The number of aryl methyl sites for hydroxylation is 1. The summed E-state index contributed by atoms with van der Waals surface area (Å²) in [6, 6.07) is 0.553. The highest BCUT2D eigenvalue weighted by atomic mass is 19.4. The van der Waals surface area contributed by atoms with Crippen molar-refractivity contribution in [1.82, 2.24) is 4.98 Å². The van der Waals surface area contributed by atoms with E-state index >= 15 is 0 Å². The van der Waals surface area contributed by atoms with Crippen molar-refractivity contribution in [2.45, 2.75) is 19.5 Å². The van der Waals surface area contributed by atoms with Gasteiger partial charge in [-0.3, -0.25) is 0 Å². The summed E-state index contributed by atoms with van der Waals surface area (Å²) in [4.78, 5) is 2.90. The Kier molecular flexibility index (Phi) is 2.83. The molecular formula is C8H7F5N2. The van der Waals surface area contributed by atoms with Gasteiger partial charge in [0.25, 0.3) is 6.43 Å². The van der Waals surface area contributed by atoms with Gasteiger partial charge < -0.3 is 5.73 Å². The van der Waals surface area contributed by atoms with Crippen LogP contribution in [0.4, 0.5) is 27.8 Å². The third-order valence-corrected chi connectivity index (χ3v) is 1.80. The zero-order chi connectivity index (χ0) is 11.8. The van der Waals surface area contributed by atoms with E-state index in [2.05, 4.69) is 4.98 Å². The molecule has 2 nitrogen and oxygen atoms in total. The maximum Gasteiger partial charge on any atom is 0.433 e. The Bertz CT molecular complexity index is 349.